The molecule has 0 radical (unpaired) electrons. The summed E-state index contributed by atoms with van der Waals surface area (Å²) in [7, 11) is 0. The van der Waals surface area contributed by atoms with E-state index in [4.69, 9.17) is 11.0 Å². The predicted molar refractivity (Wildman–Crippen MR) is 111 cm³/mol. The summed E-state index contributed by atoms with van der Waals surface area (Å²) in [5.41, 5.74) is 6.95. The highest BCUT2D eigenvalue weighted by atomic mass is 19.4. The topological polar surface area (TPSA) is 117 Å². The molecule has 2 aromatic rings. The summed E-state index contributed by atoms with van der Waals surface area (Å²) >= 11 is 0. The first-order valence-electron chi connectivity index (χ1n) is 9.76. The third kappa shape index (κ3) is 5.66. The lowest BCUT2D eigenvalue weighted by atomic mass is 9.96. The summed E-state index contributed by atoms with van der Waals surface area (Å²) in [6.07, 6.45) is -2.00. The Bertz CT molecular complexity index is 1030. The van der Waals surface area contributed by atoms with E-state index in [1.165, 1.54) is 30.6 Å². The van der Waals surface area contributed by atoms with E-state index >= 15 is 0 Å². The van der Waals surface area contributed by atoms with Crippen molar-refractivity contribution in [3.8, 4) is 22.9 Å². The molecule has 1 amide bonds. The SMILES string of the molecule is C=C(C#N)C(=O)N1CCC(CNc2ncnc(N)c2-c2ccc(OC(F)(F)F)cc2)CC1. The number of hydrogen-bond acceptors (Lipinski definition) is 7. The lowest BCUT2D eigenvalue weighted by Crippen LogP contribution is -2.40. The number of nitrogen functional groups attached to an aromatic ring is 1. The van der Waals surface area contributed by atoms with Crippen LogP contribution in [0.2, 0.25) is 0 Å². The summed E-state index contributed by atoms with van der Waals surface area (Å²) in [5, 5.41) is 12.1. The molecule has 1 fully saturated rings. The molecule has 8 nitrogen and oxygen atoms in total. The van der Waals surface area contributed by atoms with Gasteiger partial charge in [-0.15, -0.1) is 13.2 Å². The first-order chi connectivity index (χ1) is 15.2. The summed E-state index contributed by atoms with van der Waals surface area (Å²) in [6.45, 7) is 5.05. The molecule has 1 aromatic heterocycles. The molecule has 3 rings (SSSR count). The van der Waals surface area contributed by atoms with Gasteiger partial charge in [-0.1, -0.05) is 18.7 Å². The van der Waals surface area contributed by atoms with Crippen LogP contribution in [-0.4, -0.2) is 46.8 Å². The largest absolute Gasteiger partial charge is 0.573 e. The predicted octanol–water partition coefficient (Wildman–Crippen LogP) is 3.35. The fourth-order valence-corrected chi connectivity index (χ4v) is 3.46. The van der Waals surface area contributed by atoms with Crippen molar-refractivity contribution >= 4 is 17.5 Å². The van der Waals surface area contributed by atoms with Crippen LogP contribution in [0, 0.1) is 17.2 Å². The van der Waals surface area contributed by atoms with Crippen molar-refractivity contribution in [2.45, 2.75) is 19.2 Å². The van der Waals surface area contributed by atoms with Crippen molar-refractivity contribution in [2.24, 2.45) is 5.92 Å². The Morgan fingerprint density at radius 1 is 1.28 bits per heavy atom. The number of anilines is 2. The number of aromatic nitrogens is 2. The summed E-state index contributed by atoms with van der Waals surface area (Å²) in [4.78, 5) is 21.9. The summed E-state index contributed by atoms with van der Waals surface area (Å²) in [5.74, 6) is 0.205. The highest BCUT2D eigenvalue weighted by Gasteiger charge is 2.31. The molecule has 1 aliphatic heterocycles. The van der Waals surface area contributed by atoms with E-state index in [1.54, 1.807) is 11.0 Å². The number of rotatable bonds is 6. The maximum absolute atomic E-state index is 12.4. The molecule has 11 heteroatoms. The number of hydrogen-bond donors (Lipinski definition) is 2. The standard InChI is InChI=1S/C21H21F3N6O2/c1-13(10-25)20(31)30-8-6-14(7-9-30)11-27-19-17(18(26)28-12-29-19)15-2-4-16(5-3-15)32-21(22,23)24/h2-5,12,14H,1,6-9,11H2,(H3,26,27,28,29). The number of benzene rings is 1. The molecular weight excluding hydrogens is 425 g/mol. The lowest BCUT2D eigenvalue weighted by molar-refractivity contribution is -0.274. The van der Waals surface area contributed by atoms with Gasteiger partial charge < -0.3 is 20.7 Å². The van der Waals surface area contributed by atoms with Gasteiger partial charge in [0.2, 0.25) is 0 Å². The van der Waals surface area contributed by atoms with Gasteiger partial charge in [-0.2, -0.15) is 5.26 Å². The molecule has 168 valence electrons. The highest BCUT2D eigenvalue weighted by molar-refractivity contribution is 5.96. The molecule has 2 heterocycles. The van der Waals surface area contributed by atoms with Crippen LogP contribution in [0.5, 0.6) is 5.75 Å². The number of ether oxygens (including phenoxy) is 1. The second kappa shape index (κ2) is 9.55. The van der Waals surface area contributed by atoms with Crippen LogP contribution in [-0.2, 0) is 4.79 Å². The zero-order chi connectivity index (χ0) is 23.3. The quantitative estimate of drug-likeness (QED) is 0.516. The zero-order valence-corrected chi connectivity index (χ0v) is 17.0. The zero-order valence-electron chi connectivity index (χ0n) is 17.0. The van der Waals surface area contributed by atoms with Gasteiger partial charge in [0.05, 0.1) is 5.56 Å². The van der Waals surface area contributed by atoms with Crippen LogP contribution in [0.3, 0.4) is 0 Å². The van der Waals surface area contributed by atoms with Gasteiger partial charge in [-0.25, -0.2) is 9.97 Å². The number of carbonyl (C=O) groups is 1. The minimum Gasteiger partial charge on any atom is -0.406 e. The Balaban J connectivity index is 1.66. The third-order valence-electron chi connectivity index (χ3n) is 5.11. The smallest absolute Gasteiger partial charge is 0.406 e. The Labute approximate surface area is 182 Å². The summed E-state index contributed by atoms with van der Waals surface area (Å²) in [6, 6.07) is 7.07. The van der Waals surface area contributed by atoms with E-state index in [9.17, 15) is 18.0 Å². The van der Waals surface area contributed by atoms with Gasteiger partial charge in [0.15, 0.2) is 0 Å². The Kier molecular flexibility index (Phi) is 6.82. The molecule has 0 atom stereocenters. The molecule has 1 saturated heterocycles. The number of nitriles is 1. The van der Waals surface area contributed by atoms with E-state index in [1.807, 2.05) is 0 Å². The van der Waals surface area contributed by atoms with Gasteiger partial charge in [-0.3, -0.25) is 4.79 Å². The van der Waals surface area contributed by atoms with Crippen molar-refractivity contribution in [3.05, 3.63) is 42.7 Å². The number of halogens is 3. The van der Waals surface area contributed by atoms with E-state index in [-0.39, 0.29) is 29.0 Å². The van der Waals surface area contributed by atoms with E-state index in [0.717, 1.165) is 12.8 Å². The van der Waals surface area contributed by atoms with E-state index < -0.39 is 6.36 Å². The number of piperidine rings is 1. The normalized spacial score (nSPS) is 14.5. The fraction of sp³-hybridized carbons (Fsp3) is 0.333. The minimum atomic E-state index is -4.77. The van der Waals surface area contributed by atoms with E-state index in [0.29, 0.717) is 36.6 Å². The molecule has 3 N–H and O–H groups in total. The molecule has 0 bridgehead atoms. The van der Waals surface area contributed by atoms with Gasteiger partial charge >= 0.3 is 6.36 Å². The minimum absolute atomic E-state index is 0.0747. The van der Waals surface area contributed by atoms with Crippen LogP contribution < -0.4 is 15.8 Å². The number of nitrogens with one attached hydrogen (secondary N) is 1. The molecular formula is C21H21F3N6O2. The van der Waals surface area contributed by atoms with Gasteiger partial charge in [0.1, 0.15) is 35.4 Å². The number of amides is 1. The molecule has 0 spiro atoms. The first-order valence-corrected chi connectivity index (χ1v) is 9.76. The fourth-order valence-electron chi connectivity index (χ4n) is 3.46. The Morgan fingerprint density at radius 3 is 2.53 bits per heavy atom. The number of nitrogens with two attached hydrogens (primary N) is 1. The van der Waals surface area contributed by atoms with Crippen molar-refractivity contribution < 1.29 is 22.7 Å². The average molecular weight is 446 g/mol. The van der Waals surface area contributed by atoms with Gasteiger partial charge in [0.25, 0.3) is 5.91 Å². The van der Waals surface area contributed by atoms with Crippen LogP contribution in [0.1, 0.15) is 12.8 Å². The molecule has 1 aromatic carbocycles. The number of likely N-dealkylation sites (tertiary alicyclic amines) is 1. The Hall–Kier alpha value is -3.81. The van der Waals surface area contributed by atoms with Crippen molar-refractivity contribution in [3.63, 3.8) is 0 Å². The first kappa shape index (κ1) is 22.9. The van der Waals surface area contributed by atoms with Crippen molar-refractivity contribution in [1.29, 1.82) is 5.26 Å². The average Bonchev–Trinajstić information content (AvgIpc) is 2.76. The molecule has 32 heavy (non-hydrogen) atoms. The van der Waals surface area contributed by atoms with Gasteiger partial charge in [0, 0.05) is 19.6 Å². The molecule has 0 unspecified atom stereocenters. The number of nitrogens with zero attached hydrogens (tertiary/aromatic N) is 4. The molecule has 1 aliphatic rings. The lowest BCUT2D eigenvalue weighted by Gasteiger charge is -2.32. The van der Waals surface area contributed by atoms with Crippen LogP contribution in [0.15, 0.2) is 42.7 Å². The highest BCUT2D eigenvalue weighted by Crippen LogP contribution is 2.33. The molecule has 0 aliphatic carbocycles. The van der Waals surface area contributed by atoms with E-state index in [2.05, 4.69) is 26.6 Å². The van der Waals surface area contributed by atoms with Gasteiger partial charge in [-0.05, 0) is 36.5 Å². The third-order valence-corrected chi connectivity index (χ3v) is 5.11. The van der Waals surface area contributed by atoms with Crippen LogP contribution >= 0.6 is 0 Å². The maximum Gasteiger partial charge on any atom is 0.573 e. The van der Waals surface area contributed by atoms with Crippen molar-refractivity contribution in [2.75, 3.05) is 30.7 Å². The second-order valence-electron chi connectivity index (χ2n) is 7.26. The second-order valence-corrected chi connectivity index (χ2v) is 7.26. The number of alkyl halides is 3. The number of carbonyl (C=O) groups excluding carboxylic acids is 1. The van der Waals surface area contributed by atoms with Crippen LogP contribution in [0.25, 0.3) is 11.1 Å². The molecule has 0 saturated carbocycles. The Morgan fingerprint density at radius 2 is 1.94 bits per heavy atom. The van der Waals surface area contributed by atoms with Crippen molar-refractivity contribution in [1.82, 2.24) is 14.9 Å². The van der Waals surface area contributed by atoms with Crippen LogP contribution in [0.4, 0.5) is 24.8 Å². The maximum atomic E-state index is 12.4. The monoisotopic (exact) mass is 446 g/mol. The summed E-state index contributed by atoms with van der Waals surface area (Å²) < 4.78 is 41.0.